The Bertz CT molecular complexity index is 585. The van der Waals surface area contributed by atoms with Gasteiger partial charge >= 0.3 is 5.97 Å². The predicted octanol–water partition coefficient (Wildman–Crippen LogP) is 1.00. The molecule has 1 unspecified atom stereocenters. The number of hydrogen-bond acceptors (Lipinski definition) is 4. The average Bonchev–Trinajstić information content (AvgIpc) is 2.44. The van der Waals surface area contributed by atoms with Crippen LogP contribution in [0.3, 0.4) is 0 Å². The predicted molar refractivity (Wildman–Crippen MR) is 74.4 cm³/mol. The smallest absolute Gasteiger partial charge is 0.303 e. The van der Waals surface area contributed by atoms with Gasteiger partial charge in [0.15, 0.2) is 11.9 Å². The Balaban J connectivity index is 2.07. The fraction of sp³-hybridized carbons (Fsp3) is 0.357. The van der Waals surface area contributed by atoms with Crippen LogP contribution in [0.5, 0.6) is 5.75 Å². The first-order valence-electron chi connectivity index (χ1n) is 6.59. The second-order valence-electron chi connectivity index (χ2n) is 4.68. The Hall–Kier alpha value is -2.57. The van der Waals surface area contributed by atoms with Gasteiger partial charge < -0.3 is 20.5 Å². The maximum Gasteiger partial charge on any atom is 0.303 e. The zero-order chi connectivity index (χ0) is 15.4. The van der Waals surface area contributed by atoms with E-state index in [0.717, 1.165) is 0 Å². The van der Waals surface area contributed by atoms with Crippen molar-refractivity contribution in [3.63, 3.8) is 0 Å². The molecule has 7 heteroatoms. The first-order chi connectivity index (χ1) is 9.99. The molecular formula is C14H16N2O5. The number of hydrogen-bond donors (Lipinski definition) is 3. The zero-order valence-electron chi connectivity index (χ0n) is 11.5. The van der Waals surface area contributed by atoms with E-state index >= 15 is 0 Å². The lowest BCUT2D eigenvalue weighted by molar-refractivity contribution is -0.137. The molecule has 1 aromatic rings. The van der Waals surface area contributed by atoms with Gasteiger partial charge in [0.1, 0.15) is 0 Å². The van der Waals surface area contributed by atoms with Crippen molar-refractivity contribution in [3.8, 4) is 5.75 Å². The molecule has 2 rings (SSSR count). The van der Waals surface area contributed by atoms with Crippen molar-refractivity contribution in [2.24, 2.45) is 0 Å². The second kappa shape index (κ2) is 6.25. The highest BCUT2D eigenvalue weighted by atomic mass is 16.5. The summed E-state index contributed by atoms with van der Waals surface area (Å²) in [7, 11) is 0. The van der Waals surface area contributed by atoms with E-state index in [1.54, 1.807) is 25.1 Å². The molecule has 2 amide bonds. The maximum absolute atomic E-state index is 12.1. The molecule has 0 saturated heterocycles. The summed E-state index contributed by atoms with van der Waals surface area (Å²) in [5, 5.41) is 13.8. The Kier molecular flexibility index (Phi) is 4.42. The van der Waals surface area contributed by atoms with Gasteiger partial charge in [0.25, 0.3) is 11.8 Å². The summed E-state index contributed by atoms with van der Waals surface area (Å²) in [6, 6.07) is 4.89. The van der Waals surface area contributed by atoms with E-state index in [0.29, 0.717) is 23.4 Å². The van der Waals surface area contributed by atoms with Crippen LogP contribution in [-0.4, -0.2) is 35.5 Å². The highest BCUT2D eigenvalue weighted by Gasteiger charge is 2.27. The van der Waals surface area contributed by atoms with E-state index in [4.69, 9.17) is 9.84 Å². The van der Waals surface area contributed by atoms with Crippen molar-refractivity contribution in [2.45, 2.75) is 25.9 Å². The molecule has 0 saturated carbocycles. The van der Waals surface area contributed by atoms with Gasteiger partial charge in [0.2, 0.25) is 0 Å². The Morgan fingerprint density at radius 2 is 2.19 bits per heavy atom. The molecular weight excluding hydrogens is 276 g/mol. The summed E-state index contributed by atoms with van der Waals surface area (Å²) in [6.07, 6.45) is -0.320. The number of carbonyl (C=O) groups excluding carboxylic acids is 2. The molecule has 1 aromatic carbocycles. The van der Waals surface area contributed by atoms with Gasteiger partial charge in [-0.2, -0.15) is 0 Å². The average molecular weight is 292 g/mol. The number of ether oxygens (including phenoxy) is 1. The molecule has 1 heterocycles. The molecule has 112 valence electrons. The number of benzene rings is 1. The number of carbonyl (C=O) groups is 3. The van der Waals surface area contributed by atoms with E-state index in [9.17, 15) is 14.4 Å². The third-order valence-corrected chi connectivity index (χ3v) is 3.03. The third-order valence-electron chi connectivity index (χ3n) is 3.03. The van der Waals surface area contributed by atoms with Crippen LogP contribution in [0.1, 0.15) is 30.1 Å². The summed E-state index contributed by atoms with van der Waals surface area (Å²) >= 11 is 0. The molecule has 0 aliphatic carbocycles. The Labute approximate surface area is 121 Å². The molecule has 3 N–H and O–H groups in total. The van der Waals surface area contributed by atoms with E-state index < -0.39 is 12.1 Å². The molecule has 0 aromatic heterocycles. The van der Waals surface area contributed by atoms with E-state index in [2.05, 4.69) is 10.6 Å². The lowest BCUT2D eigenvalue weighted by atomic mass is 10.1. The van der Waals surface area contributed by atoms with E-state index in [-0.39, 0.29) is 24.8 Å². The molecule has 0 bridgehead atoms. The number of anilines is 1. The number of carboxylic acid groups (broad SMARTS) is 1. The number of aliphatic carboxylic acids is 1. The minimum Gasteiger partial charge on any atom is -0.481 e. The van der Waals surface area contributed by atoms with Crippen molar-refractivity contribution in [1.29, 1.82) is 0 Å². The van der Waals surface area contributed by atoms with Crippen molar-refractivity contribution < 1.29 is 24.2 Å². The standard InChI is InChI=1S/C14H16N2O5/c1-8-13(19)16-10-5-2-4-9(12(10)21-8)14(20)15-7-3-6-11(17)18/h2,4-5,8H,3,6-7H2,1H3,(H,15,20)(H,16,19)(H,17,18). The first kappa shape index (κ1) is 14.8. The maximum atomic E-state index is 12.1. The van der Waals surface area contributed by atoms with Crippen LogP contribution in [0.2, 0.25) is 0 Å². The third kappa shape index (κ3) is 3.50. The highest BCUT2D eigenvalue weighted by Crippen LogP contribution is 2.33. The van der Waals surface area contributed by atoms with Crippen LogP contribution in [-0.2, 0) is 9.59 Å². The number of rotatable bonds is 5. The van der Waals surface area contributed by atoms with Crippen molar-refractivity contribution in [3.05, 3.63) is 23.8 Å². The number of nitrogens with one attached hydrogen (secondary N) is 2. The lowest BCUT2D eigenvalue weighted by Gasteiger charge is -2.25. The molecule has 21 heavy (non-hydrogen) atoms. The summed E-state index contributed by atoms with van der Waals surface area (Å²) in [5.41, 5.74) is 0.769. The molecule has 1 aliphatic rings. The van der Waals surface area contributed by atoms with Crippen LogP contribution >= 0.6 is 0 Å². The molecule has 0 radical (unpaired) electrons. The monoisotopic (exact) mass is 292 g/mol. The van der Waals surface area contributed by atoms with Crippen molar-refractivity contribution in [1.82, 2.24) is 5.32 Å². The number of fused-ring (bicyclic) bond motifs is 1. The van der Waals surface area contributed by atoms with Crippen LogP contribution in [0.15, 0.2) is 18.2 Å². The summed E-state index contributed by atoms with van der Waals surface area (Å²) in [4.78, 5) is 34.0. The second-order valence-corrected chi connectivity index (χ2v) is 4.68. The normalized spacial score (nSPS) is 16.4. The fourth-order valence-electron chi connectivity index (χ4n) is 1.94. The van der Waals surface area contributed by atoms with E-state index in [1.807, 2.05) is 0 Å². The minimum atomic E-state index is -0.902. The molecule has 7 nitrogen and oxygen atoms in total. The summed E-state index contributed by atoms with van der Waals surface area (Å²) in [6.45, 7) is 1.86. The van der Waals surface area contributed by atoms with Crippen LogP contribution in [0, 0.1) is 0 Å². The molecule has 1 atom stereocenters. The van der Waals surface area contributed by atoms with Gasteiger partial charge in [0, 0.05) is 13.0 Å². The van der Waals surface area contributed by atoms with Gasteiger partial charge in [-0.15, -0.1) is 0 Å². The van der Waals surface area contributed by atoms with Crippen molar-refractivity contribution >= 4 is 23.5 Å². The minimum absolute atomic E-state index is 0.00321. The fourth-order valence-corrected chi connectivity index (χ4v) is 1.94. The van der Waals surface area contributed by atoms with Crippen LogP contribution in [0.4, 0.5) is 5.69 Å². The summed E-state index contributed by atoms with van der Waals surface area (Å²) < 4.78 is 5.47. The van der Waals surface area contributed by atoms with E-state index in [1.165, 1.54) is 0 Å². The van der Waals surface area contributed by atoms with Gasteiger partial charge in [-0.3, -0.25) is 14.4 Å². The number of carboxylic acids is 1. The van der Waals surface area contributed by atoms with Crippen molar-refractivity contribution in [2.75, 3.05) is 11.9 Å². The van der Waals surface area contributed by atoms with Gasteiger partial charge in [-0.05, 0) is 25.5 Å². The Morgan fingerprint density at radius 3 is 2.90 bits per heavy atom. The van der Waals surface area contributed by atoms with Gasteiger partial charge in [-0.1, -0.05) is 6.07 Å². The Morgan fingerprint density at radius 1 is 1.43 bits per heavy atom. The van der Waals surface area contributed by atoms with Crippen LogP contribution < -0.4 is 15.4 Å². The largest absolute Gasteiger partial charge is 0.481 e. The number of para-hydroxylation sites is 1. The molecule has 0 spiro atoms. The first-order valence-corrected chi connectivity index (χ1v) is 6.59. The topological polar surface area (TPSA) is 105 Å². The lowest BCUT2D eigenvalue weighted by Crippen LogP contribution is -2.36. The summed E-state index contributed by atoms with van der Waals surface area (Å²) in [5.74, 6) is -1.19. The number of amides is 2. The van der Waals surface area contributed by atoms with Crippen LogP contribution in [0.25, 0.3) is 0 Å². The van der Waals surface area contributed by atoms with Gasteiger partial charge in [0.05, 0.1) is 11.3 Å². The molecule has 1 aliphatic heterocycles. The highest BCUT2D eigenvalue weighted by molar-refractivity contribution is 6.03. The quantitative estimate of drug-likeness (QED) is 0.702. The SMILES string of the molecule is CC1Oc2c(cccc2C(=O)NCCCC(=O)O)NC1=O. The molecule has 0 fully saturated rings. The zero-order valence-corrected chi connectivity index (χ0v) is 11.5. The van der Waals surface area contributed by atoms with Gasteiger partial charge in [-0.25, -0.2) is 0 Å².